The molecule has 1 aliphatic rings. The van der Waals surface area contributed by atoms with Crippen LogP contribution in [0.5, 0.6) is 0 Å². The fourth-order valence-corrected chi connectivity index (χ4v) is 2.45. The molecule has 0 saturated carbocycles. The smallest absolute Gasteiger partial charge is 0.323 e. The zero-order valence-electron chi connectivity index (χ0n) is 10.3. The van der Waals surface area contributed by atoms with Crippen molar-refractivity contribution in [3.05, 3.63) is 23.8 Å². The van der Waals surface area contributed by atoms with Crippen LogP contribution < -0.4 is 9.80 Å². The van der Waals surface area contributed by atoms with Crippen LogP contribution >= 0.6 is 0 Å². The first-order chi connectivity index (χ1) is 8.09. The van der Waals surface area contributed by atoms with Crippen LogP contribution in [0.2, 0.25) is 0 Å². The first-order valence-electron chi connectivity index (χ1n) is 5.87. The summed E-state index contributed by atoms with van der Waals surface area (Å²) in [7, 11) is 2.07. The van der Waals surface area contributed by atoms with Gasteiger partial charge in [-0.2, -0.15) is 0 Å². The molecule has 0 fully saturated rings. The highest BCUT2D eigenvalue weighted by molar-refractivity contribution is 5.80. The Balaban J connectivity index is 2.43. The Morgan fingerprint density at radius 3 is 2.88 bits per heavy atom. The van der Waals surface area contributed by atoms with E-state index in [1.54, 1.807) is 0 Å². The van der Waals surface area contributed by atoms with Crippen molar-refractivity contribution in [3.63, 3.8) is 0 Å². The highest BCUT2D eigenvalue weighted by Crippen LogP contribution is 2.34. The first-order valence-corrected chi connectivity index (χ1v) is 5.87. The van der Waals surface area contributed by atoms with E-state index in [-0.39, 0.29) is 6.54 Å². The molecule has 0 unspecified atom stereocenters. The fourth-order valence-electron chi connectivity index (χ4n) is 2.45. The predicted molar refractivity (Wildman–Crippen MR) is 68.9 cm³/mol. The summed E-state index contributed by atoms with van der Waals surface area (Å²) in [4.78, 5) is 15.1. The molecule has 1 heterocycles. The van der Waals surface area contributed by atoms with Crippen LogP contribution in [0.3, 0.4) is 0 Å². The number of aryl methyl sites for hydroxylation is 1. The minimum atomic E-state index is -0.776. The second-order valence-corrected chi connectivity index (χ2v) is 4.53. The molecule has 0 amide bonds. The number of anilines is 2. The number of para-hydroxylation sites is 1. The molecule has 0 spiro atoms. The van der Waals surface area contributed by atoms with Crippen LogP contribution in [0.1, 0.15) is 12.0 Å². The first kappa shape index (κ1) is 11.8. The molecule has 0 saturated heterocycles. The Kier molecular flexibility index (Phi) is 3.22. The van der Waals surface area contributed by atoms with Crippen molar-refractivity contribution in [2.24, 2.45) is 0 Å². The molecule has 4 heteroatoms. The summed E-state index contributed by atoms with van der Waals surface area (Å²) in [5, 5.41) is 8.96. The van der Waals surface area contributed by atoms with E-state index < -0.39 is 5.97 Å². The molecule has 4 nitrogen and oxygen atoms in total. The molecular weight excluding hydrogens is 216 g/mol. The highest BCUT2D eigenvalue weighted by atomic mass is 16.4. The van der Waals surface area contributed by atoms with Crippen molar-refractivity contribution in [1.82, 2.24) is 0 Å². The summed E-state index contributed by atoms with van der Waals surface area (Å²) in [6.07, 6.45) is 0.984. The minimum Gasteiger partial charge on any atom is -0.480 e. The standard InChI is InChI=1S/C13H18N2O2/c1-10-5-3-6-11-13(10)14(2)7-4-8-15(11)9-12(16)17/h3,5-6H,4,7-9H2,1-2H3,(H,16,17). The zero-order valence-corrected chi connectivity index (χ0v) is 10.3. The monoisotopic (exact) mass is 234 g/mol. The second-order valence-electron chi connectivity index (χ2n) is 4.53. The van der Waals surface area contributed by atoms with Crippen molar-refractivity contribution in [2.75, 3.05) is 36.5 Å². The molecular formula is C13H18N2O2. The number of fused-ring (bicyclic) bond motifs is 1. The molecule has 1 aromatic carbocycles. The Labute approximate surface area is 101 Å². The van der Waals surface area contributed by atoms with E-state index in [0.29, 0.717) is 0 Å². The molecule has 1 N–H and O–H groups in total. The van der Waals surface area contributed by atoms with Crippen molar-refractivity contribution >= 4 is 17.3 Å². The average Bonchev–Trinajstić information content (AvgIpc) is 2.40. The van der Waals surface area contributed by atoms with Gasteiger partial charge in [-0.3, -0.25) is 4.79 Å². The number of carboxylic acids is 1. The van der Waals surface area contributed by atoms with Gasteiger partial charge in [0.1, 0.15) is 6.54 Å². The van der Waals surface area contributed by atoms with Gasteiger partial charge in [0.15, 0.2) is 0 Å². The summed E-state index contributed by atoms with van der Waals surface area (Å²) in [5.41, 5.74) is 3.39. The number of aliphatic carboxylic acids is 1. The summed E-state index contributed by atoms with van der Waals surface area (Å²) < 4.78 is 0. The van der Waals surface area contributed by atoms with Crippen molar-refractivity contribution < 1.29 is 9.90 Å². The largest absolute Gasteiger partial charge is 0.480 e. The van der Waals surface area contributed by atoms with Crippen LogP contribution in [0.4, 0.5) is 11.4 Å². The average molecular weight is 234 g/mol. The van der Waals surface area contributed by atoms with Crippen LogP contribution in [0.25, 0.3) is 0 Å². The van der Waals surface area contributed by atoms with E-state index in [1.807, 2.05) is 17.0 Å². The van der Waals surface area contributed by atoms with Gasteiger partial charge in [-0.25, -0.2) is 0 Å². The van der Waals surface area contributed by atoms with Gasteiger partial charge in [-0.1, -0.05) is 12.1 Å². The normalized spacial score (nSPS) is 15.4. The van der Waals surface area contributed by atoms with E-state index in [2.05, 4.69) is 24.9 Å². The zero-order chi connectivity index (χ0) is 12.4. The molecule has 1 aliphatic heterocycles. The number of hydrogen-bond donors (Lipinski definition) is 1. The lowest BCUT2D eigenvalue weighted by atomic mass is 10.1. The second kappa shape index (κ2) is 4.65. The van der Waals surface area contributed by atoms with E-state index in [0.717, 1.165) is 30.9 Å². The molecule has 0 atom stereocenters. The summed E-state index contributed by atoms with van der Waals surface area (Å²) in [5.74, 6) is -0.776. The van der Waals surface area contributed by atoms with Crippen molar-refractivity contribution in [2.45, 2.75) is 13.3 Å². The third-order valence-corrected chi connectivity index (χ3v) is 3.19. The fraction of sp³-hybridized carbons (Fsp3) is 0.462. The lowest BCUT2D eigenvalue weighted by molar-refractivity contribution is -0.135. The maximum Gasteiger partial charge on any atom is 0.323 e. The lowest BCUT2D eigenvalue weighted by Crippen LogP contribution is -2.30. The van der Waals surface area contributed by atoms with Crippen LogP contribution in [-0.4, -0.2) is 37.8 Å². The third-order valence-electron chi connectivity index (χ3n) is 3.19. The lowest BCUT2D eigenvalue weighted by Gasteiger charge is -2.25. The summed E-state index contributed by atoms with van der Waals surface area (Å²) in [6, 6.07) is 6.06. The van der Waals surface area contributed by atoms with Crippen LogP contribution in [0.15, 0.2) is 18.2 Å². The highest BCUT2D eigenvalue weighted by Gasteiger charge is 2.21. The van der Waals surface area contributed by atoms with Crippen molar-refractivity contribution in [1.29, 1.82) is 0 Å². The molecule has 2 rings (SSSR count). The van der Waals surface area contributed by atoms with Crippen LogP contribution in [0, 0.1) is 6.92 Å². The minimum absolute atomic E-state index is 0.0737. The quantitative estimate of drug-likeness (QED) is 0.846. The maximum absolute atomic E-state index is 10.9. The van der Waals surface area contributed by atoms with Crippen LogP contribution in [-0.2, 0) is 4.79 Å². The molecule has 1 aromatic rings. The molecule has 17 heavy (non-hydrogen) atoms. The molecule has 0 bridgehead atoms. The Hall–Kier alpha value is -1.71. The van der Waals surface area contributed by atoms with E-state index >= 15 is 0 Å². The molecule has 92 valence electrons. The Bertz CT molecular complexity index is 431. The van der Waals surface area contributed by atoms with Gasteiger partial charge in [-0.15, -0.1) is 0 Å². The SMILES string of the molecule is Cc1cccc2c1N(C)CCCN2CC(=O)O. The molecule has 0 aromatic heterocycles. The van der Waals surface area contributed by atoms with Gasteiger partial charge in [0.2, 0.25) is 0 Å². The number of hydrogen-bond acceptors (Lipinski definition) is 3. The topological polar surface area (TPSA) is 43.8 Å². The van der Waals surface area contributed by atoms with Gasteiger partial charge >= 0.3 is 5.97 Å². The number of nitrogens with zero attached hydrogens (tertiary/aromatic N) is 2. The number of carboxylic acid groups (broad SMARTS) is 1. The van der Waals surface area contributed by atoms with Crippen molar-refractivity contribution in [3.8, 4) is 0 Å². The van der Waals surface area contributed by atoms with E-state index in [9.17, 15) is 4.79 Å². The summed E-state index contributed by atoms with van der Waals surface area (Å²) >= 11 is 0. The Morgan fingerprint density at radius 1 is 1.41 bits per heavy atom. The van der Waals surface area contributed by atoms with E-state index in [4.69, 9.17) is 5.11 Å². The van der Waals surface area contributed by atoms with Gasteiger partial charge in [0, 0.05) is 20.1 Å². The number of carbonyl (C=O) groups is 1. The number of benzene rings is 1. The molecule has 0 aliphatic carbocycles. The number of rotatable bonds is 2. The van der Waals surface area contributed by atoms with Gasteiger partial charge < -0.3 is 14.9 Å². The maximum atomic E-state index is 10.9. The third kappa shape index (κ3) is 2.35. The molecule has 0 radical (unpaired) electrons. The predicted octanol–water partition coefficient (Wildman–Crippen LogP) is 1.73. The Morgan fingerprint density at radius 2 is 2.18 bits per heavy atom. The van der Waals surface area contributed by atoms with Gasteiger partial charge in [-0.05, 0) is 25.0 Å². The van der Waals surface area contributed by atoms with Gasteiger partial charge in [0.05, 0.1) is 11.4 Å². The van der Waals surface area contributed by atoms with Gasteiger partial charge in [0.25, 0.3) is 0 Å². The summed E-state index contributed by atoms with van der Waals surface area (Å²) in [6.45, 7) is 3.91. The van der Waals surface area contributed by atoms with E-state index in [1.165, 1.54) is 5.56 Å².